The van der Waals surface area contributed by atoms with Gasteiger partial charge in [-0.3, -0.25) is 9.59 Å². The summed E-state index contributed by atoms with van der Waals surface area (Å²) >= 11 is 0. The molecule has 0 bridgehead atoms. The van der Waals surface area contributed by atoms with E-state index in [1.54, 1.807) is 12.2 Å². The number of carbonyl (C=O) groups excluding carboxylic acids is 2. The van der Waals surface area contributed by atoms with E-state index >= 15 is 0 Å². The van der Waals surface area contributed by atoms with Crippen molar-refractivity contribution in [1.82, 2.24) is 0 Å². The smallest absolute Gasteiger partial charge is 0.193 e. The maximum absolute atomic E-state index is 13.2. The molecule has 0 aromatic rings. The first kappa shape index (κ1) is 21.5. The number of carbonyl (C=O) groups is 2. The predicted octanol–water partition coefficient (Wildman–Crippen LogP) is 2.72. The topological polar surface area (TPSA) is 93.1 Å². The quantitative estimate of drug-likeness (QED) is 0.712. The van der Waals surface area contributed by atoms with Crippen LogP contribution >= 0.6 is 0 Å². The first-order valence-electron chi connectivity index (χ1n) is 11.8. The van der Waals surface area contributed by atoms with E-state index in [1.165, 1.54) is 0 Å². The van der Waals surface area contributed by atoms with Gasteiger partial charge in [-0.05, 0) is 56.1 Å². The van der Waals surface area contributed by atoms with Gasteiger partial charge in [0.15, 0.2) is 23.5 Å². The van der Waals surface area contributed by atoms with Gasteiger partial charge < -0.3 is 19.7 Å². The standard InChI is InChI=1S/C25H34O6/c1-4-5-21-30-20-11-17-16-7-6-14-10-15(27)8-9-23(14,2)22(16)18(28)12-24(17,3)25(20,31-21)19(29)13-26/h8-10,16-18,20-22,26,28H,4-7,11-13H2,1-3H3/t16-,17?,18-,20-,21?,22?,23-,24-,25+/m0/s1. The predicted molar refractivity (Wildman–Crippen MR) is 113 cm³/mol. The van der Waals surface area contributed by atoms with E-state index in [4.69, 9.17) is 9.47 Å². The monoisotopic (exact) mass is 430 g/mol. The third-order valence-corrected chi connectivity index (χ3v) is 9.37. The number of aliphatic hydroxyl groups excluding tert-OH is 2. The van der Waals surface area contributed by atoms with Crippen molar-refractivity contribution in [1.29, 1.82) is 0 Å². The molecule has 5 rings (SSSR count). The van der Waals surface area contributed by atoms with Crippen LogP contribution < -0.4 is 0 Å². The van der Waals surface area contributed by atoms with Gasteiger partial charge >= 0.3 is 0 Å². The van der Waals surface area contributed by atoms with Crippen molar-refractivity contribution in [3.05, 3.63) is 23.8 Å². The van der Waals surface area contributed by atoms with E-state index in [1.807, 2.05) is 6.08 Å². The van der Waals surface area contributed by atoms with Gasteiger partial charge in [0, 0.05) is 16.7 Å². The molecule has 0 amide bonds. The Balaban J connectivity index is 1.55. The van der Waals surface area contributed by atoms with Crippen molar-refractivity contribution in [2.24, 2.45) is 28.6 Å². The molecule has 3 saturated carbocycles. The summed E-state index contributed by atoms with van der Waals surface area (Å²) in [5, 5.41) is 21.4. The van der Waals surface area contributed by atoms with Crippen LogP contribution in [0.15, 0.2) is 23.8 Å². The molecule has 0 radical (unpaired) electrons. The molecule has 1 aliphatic heterocycles. The molecule has 6 nitrogen and oxygen atoms in total. The second-order valence-electron chi connectivity index (χ2n) is 10.7. The highest BCUT2D eigenvalue weighted by molar-refractivity contribution is 6.01. The molecule has 4 fully saturated rings. The average Bonchev–Trinajstić information content (AvgIpc) is 3.20. The number of allylic oxidation sites excluding steroid dienone is 4. The summed E-state index contributed by atoms with van der Waals surface area (Å²) < 4.78 is 12.7. The molecule has 5 aliphatic rings. The minimum atomic E-state index is -1.20. The zero-order valence-electron chi connectivity index (χ0n) is 18.7. The Morgan fingerprint density at radius 1 is 1.32 bits per heavy atom. The lowest BCUT2D eigenvalue weighted by Crippen LogP contribution is -2.63. The summed E-state index contributed by atoms with van der Waals surface area (Å²) in [4.78, 5) is 25.2. The lowest BCUT2D eigenvalue weighted by molar-refractivity contribution is -0.200. The lowest BCUT2D eigenvalue weighted by atomic mass is 9.46. The van der Waals surface area contributed by atoms with Crippen molar-refractivity contribution in [3.63, 3.8) is 0 Å². The van der Waals surface area contributed by atoms with Crippen molar-refractivity contribution >= 4 is 11.6 Å². The van der Waals surface area contributed by atoms with Crippen LogP contribution in [-0.4, -0.2) is 52.5 Å². The number of rotatable bonds is 4. The van der Waals surface area contributed by atoms with Crippen molar-refractivity contribution in [2.45, 2.75) is 83.4 Å². The number of hydrogen-bond acceptors (Lipinski definition) is 6. The molecule has 3 unspecified atom stereocenters. The van der Waals surface area contributed by atoms with Gasteiger partial charge in [0.2, 0.25) is 0 Å². The van der Waals surface area contributed by atoms with Gasteiger partial charge in [0.05, 0.1) is 12.2 Å². The molecule has 1 saturated heterocycles. The molecular formula is C25H34O6. The second-order valence-corrected chi connectivity index (χ2v) is 10.7. The molecule has 170 valence electrons. The first-order chi connectivity index (χ1) is 14.7. The Kier molecular flexibility index (Phi) is 4.91. The van der Waals surface area contributed by atoms with E-state index < -0.39 is 36.1 Å². The Morgan fingerprint density at radius 3 is 2.81 bits per heavy atom. The van der Waals surface area contributed by atoms with Crippen LogP contribution in [-0.2, 0) is 19.1 Å². The maximum Gasteiger partial charge on any atom is 0.193 e. The lowest BCUT2D eigenvalue weighted by Gasteiger charge is -2.59. The highest BCUT2D eigenvalue weighted by Gasteiger charge is 2.75. The van der Waals surface area contributed by atoms with Crippen molar-refractivity contribution in [2.75, 3.05) is 6.61 Å². The van der Waals surface area contributed by atoms with Crippen LogP contribution in [0.25, 0.3) is 0 Å². The summed E-state index contributed by atoms with van der Waals surface area (Å²) in [5.74, 6) is 0.0274. The molecular weight excluding hydrogens is 396 g/mol. The zero-order chi connectivity index (χ0) is 22.2. The van der Waals surface area contributed by atoms with Gasteiger partial charge in [-0.25, -0.2) is 0 Å². The molecule has 1 heterocycles. The fraction of sp³-hybridized carbons (Fsp3) is 0.760. The van der Waals surface area contributed by atoms with Gasteiger partial charge in [0.25, 0.3) is 0 Å². The number of ether oxygens (including phenoxy) is 2. The van der Waals surface area contributed by atoms with Crippen LogP contribution in [0.1, 0.15) is 59.3 Å². The molecule has 9 atom stereocenters. The van der Waals surface area contributed by atoms with Crippen LogP contribution in [0.3, 0.4) is 0 Å². The molecule has 2 N–H and O–H groups in total. The van der Waals surface area contributed by atoms with E-state index in [0.29, 0.717) is 19.3 Å². The Morgan fingerprint density at radius 2 is 2.10 bits per heavy atom. The third-order valence-electron chi connectivity index (χ3n) is 9.37. The van der Waals surface area contributed by atoms with Crippen LogP contribution in [0, 0.1) is 28.6 Å². The summed E-state index contributed by atoms with van der Waals surface area (Å²) in [6.07, 6.45) is 8.31. The minimum Gasteiger partial charge on any atom is -0.393 e. The largest absolute Gasteiger partial charge is 0.393 e. The van der Waals surface area contributed by atoms with Crippen molar-refractivity contribution < 1.29 is 29.3 Å². The minimum absolute atomic E-state index is 0.0125. The van der Waals surface area contributed by atoms with Gasteiger partial charge in [-0.2, -0.15) is 0 Å². The second kappa shape index (κ2) is 7.08. The molecule has 0 aromatic heterocycles. The average molecular weight is 431 g/mol. The van der Waals surface area contributed by atoms with E-state index in [9.17, 15) is 19.8 Å². The van der Waals surface area contributed by atoms with E-state index in [-0.39, 0.29) is 34.7 Å². The zero-order valence-corrected chi connectivity index (χ0v) is 18.7. The molecule has 0 spiro atoms. The molecule has 31 heavy (non-hydrogen) atoms. The summed E-state index contributed by atoms with van der Waals surface area (Å²) in [6, 6.07) is 0. The number of ketones is 2. The highest BCUT2D eigenvalue weighted by Crippen LogP contribution is 2.69. The number of fused-ring (bicyclic) bond motifs is 7. The third kappa shape index (κ3) is 2.65. The number of Topliss-reactive ketones (excluding diaryl/α,β-unsaturated/α-hetero) is 1. The Labute approximate surface area is 183 Å². The van der Waals surface area contributed by atoms with Crippen LogP contribution in [0.2, 0.25) is 0 Å². The van der Waals surface area contributed by atoms with Gasteiger partial charge in [-0.15, -0.1) is 0 Å². The SMILES string of the molecule is CCCC1O[C@H]2CC3[C@@H]4CCC5=CC(=O)C=C[C@]5(C)C4[C@@H](O)C[C@]3(C)[C@]2(C(=O)CO)O1. The van der Waals surface area contributed by atoms with Crippen molar-refractivity contribution in [3.8, 4) is 0 Å². The fourth-order valence-electron chi connectivity index (χ4n) is 8.12. The Hall–Kier alpha value is -1.34. The summed E-state index contributed by atoms with van der Waals surface area (Å²) in [6.45, 7) is 5.67. The number of hydrogen-bond donors (Lipinski definition) is 2. The van der Waals surface area contributed by atoms with Gasteiger partial charge in [0.1, 0.15) is 6.61 Å². The molecule has 6 heteroatoms. The van der Waals surface area contributed by atoms with Gasteiger partial charge in [-0.1, -0.05) is 38.8 Å². The van der Waals surface area contributed by atoms with E-state index in [0.717, 1.165) is 24.8 Å². The Bertz CT molecular complexity index is 862. The first-order valence-corrected chi connectivity index (χ1v) is 11.8. The fourth-order valence-corrected chi connectivity index (χ4v) is 8.12. The molecule has 0 aromatic carbocycles. The van der Waals surface area contributed by atoms with E-state index in [2.05, 4.69) is 20.8 Å². The van der Waals surface area contributed by atoms with Crippen LogP contribution in [0.4, 0.5) is 0 Å². The van der Waals surface area contributed by atoms with Crippen LogP contribution in [0.5, 0.6) is 0 Å². The summed E-state index contributed by atoms with van der Waals surface area (Å²) in [5.41, 5.74) is -1.05. The maximum atomic E-state index is 13.2. The summed E-state index contributed by atoms with van der Waals surface area (Å²) in [7, 11) is 0. The normalized spacial score (nSPS) is 50.4. The number of aliphatic hydroxyl groups is 2. The molecule has 4 aliphatic carbocycles. The highest BCUT2D eigenvalue weighted by atomic mass is 16.7.